The Hall–Kier alpha value is -0.970. The number of carbonyl (C=O) groups is 1. The second-order valence-electron chi connectivity index (χ2n) is 4.41. The Balaban J connectivity index is 0.00000324. The van der Waals surface area contributed by atoms with E-state index in [2.05, 4.69) is 5.32 Å². The number of hydrogen-bond donors (Lipinski definition) is 2. The lowest BCUT2D eigenvalue weighted by Crippen LogP contribution is -2.43. The molecule has 1 atom stereocenters. The first-order chi connectivity index (χ1) is 8.47. The maximum absolute atomic E-state index is 11.7. The molecule has 0 fully saturated rings. The largest absolute Gasteiger partial charge is 0.496 e. The maximum Gasteiger partial charge on any atom is 0.237 e. The number of halogens is 2. The first kappa shape index (κ1) is 18.0. The third kappa shape index (κ3) is 4.90. The minimum atomic E-state index is -0.515. The van der Waals surface area contributed by atoms with E-state index >= 15 is 0 Å². The van der Waals surface area contributed by atoms with Crippen LogP contribution in [0.3, 0.4) is 0 Å². The van der Waals surface area contributed by atoms with Gasteiger partial charge in [-0.3, -0.25) is 4.79 Å². The summed E-state index contributed by atoms with van der Waals surface area (Å²) in [7, 11) is 1.57. The zero-order valence-corrected chi connectivity index (χ0v) is 12.8. The molecule has 19 heavy (non-hydrogen) atoms. The number of nitrogens with two attached hydrogens (primary N) is 1. The number of methoxy groups -OCH3 is 1. The SMILES string of the molecule is COc1cccc(Cl)c1CNC(=O)[C@H](N)C(C)C.Cl. The van der Waals surface area contributed by atoms with E-state index in [4.69, 9.17) is 22.1 Å². The van der Waals surface area contributed by atoms with Crippen molar-refractivity contribution in [3.05, 3.63) is 28.8 Å². The summed E-state index contributed by atoms with van der Waals surface area (Å²) in [5.41, 5.74) is 6.51. The zero-order chi connectivity index (χ0) is 13.7. The highest BCUT2D eigenvalue weighted by Crippen LogP contribution is 2.25. The average Bonchev–Trinajstić information content (AvgIpc) is 2.35. The van der Waals surface area contributed by atoms with Crippen molar-refractivity contribution in [2.24, 2.45) is 11.7 Å². The highest BCUT2D eigenvalue weighted by atomic mass is 35.5. The molecule has 0 aromatic heterocycles. The van der Waals surface area contributed by atoms with Crippen LogP contribution in [0.4, 0.5) is 0 Å². The van der Waals surface area contributed by atoms with E-state index in [1.54, 1.807) is 25.3 Å². The Morgan fingerprint density at radius 3 is 2.63 bits per heavy atom. The molecule has 1 aromatic rings. The Labute approximate surface area is 125 Å². The Morgan fingerprint density at radius 2 is 2.11 bits per heavy atom. The van der Waals surface area contributed by atoms with Crippen LogP contribution in [0.15, 0.2) is 18.2 Å². The van der Waals surface area contributed by atoms with Gasteiger partial charge in [-0.1, -0.05) is 31.5 Å². The molecule has 1 aromatic carbocycles. The highest BCUT2D eigenvalue weighted by Gasteiger charge is 2.17. The Morgan fingerprint density at radius 1 is 1.47 bits per heavy atom. The second-order valence-corrected chi connectivity index (χ2v) is 4.82. The smallest absolute Gasteiger partial charge is 0.237 e. The third-order valence-corrected chi connectivity index (χ3v) is 3.11. The predicted molar refractivity (Wildman–Crippen MR) is 79.9 cm³/mol. The van der Waals surface area contributed by atoms with Gasteiger partial charge in [0.1, 0.15) is 5.75 Å². The standard InChI is InChI=1S/C13H19ClN2O2.ClH/c1-8(2)12(15)13(17)16-7-9-10(14)5-4-6-11(9)18-3;/h4-6,8,12H,7,15H2,1-3H3,(H,16,17);1H/t12-;/m1./s1. The van der Waals surface area contributed by atoms with Crippen LogP contribution in [0, 0.1) is 5.92 Å². The molecular formula is C13H20Cl2N2O2. The molecule has 1 rings (SSSR count). The Bertz CT molecular complexity index is 425. The van der Waals surface area contributed by atoms with Gasteiger partial charge in [-0.25, -0.2) is 0 Å². The van der Waals surface area contributed by atoms with Crippen LogP contribution in [0.25, 0.3) is 0 Å². The van der Waals surface area contributed by atoms with Crippen molar-refractivity contribution in [2.45, 2.75) is 26.4 Å². The first-order valence-corrected chi connectivity index (χ1v) is 6.19. The van der Waals surface area contributed by atoms with Gasteiger partial charge >= 0.3 is 0 Å². The van der Waals surface area contributed by atoms with Crippen molar-refractivity contribution in [2.75, 3.05) is 7.11 Å². The minimum Gasteiger partial charge on any atom is -0.496 e. The highest BCUT2D eigenvalue weighted by molar-refractivity contribution is 6.31. The van der Waals surface area contributed by atoms with Gasteiger partial charge in [0, 0.05) is 17.1 Å². The quantitative estimate of drug-likeness (QED) is 0.878. The van der Waals surface area contributed by atoms with Gasteiger partial charge < -0.3 is 15.8 Å². The average molecular weight is 307 g/mol. The van der Waals surface area contributed by atoms with Gasteiger partial charge in [-0.05, 0) is 18.1 Å². The monoisotopic (exact) mass is 306 g/mol. The van der Waals surface area contributed by atoms with Crippen LogP contribution in [0.5, 0.6) is 5.75 Å². The molecule has 4 nitrogen and oxygen atoms in total. The van der Waals surface area contributed by atoms with Gasteiger partial charge in [0.25, 0.3) is 0 Å². The van der Waals surface area contributed by atoms with Gasteiger partial charge in [-0.2, -0.15) is 0 Å². The lowest BCUT2D eigenvalue weighted by Gasteiger charge is -2.16. The van der Waals surface area contributed by atoms with Crippen LogP contribution in [-0.2, 0) is 11.3 Å². The van der Waals surface area contributed by atoms with Crippen LogP contribution < -0.4 is 15.8 Å². The second kappa shape index (κ2) is 8.25. The summed E-state index contributed by atoms with van der Waals surface area (Å²) < 4.78 is 5.20. The van der Waals surface area contributed by atoms with Gasteiger partial charge in [0.15, 0.2) is 0 Å². The summed E-state index contributed by atoms with van der Waals surface area (Å²) in [6.07, 6.45) is 0. The molecule has 0 aliphatic heterocycles. The fourth-order valence-electron chi connectivity index (χ4n) is 1.50. The normalized spacial score (nSPS) is 11.7. The predicted octanol–water partition coefficient (Wildman–Crippen LogP) is 2.37. The van der Waals surface area contributed by atoms with E-state index in [1.807, 2.05) is 13.8 Å². The minimum absolute atomic E-state index is 0. The summed E-state index contributed by atoms with van der Waals surface area (Å²) in [4.78, 5) is 11.7. The molecule has 0 saturated heterocycles. The van der Waals surface area contributed by atoms with Crippen molar-refractivity contribution < 1.29 is 9.53 Å². The van der Waals surface area contributed by atoms with Crippen molar-refractivity contribution in [3.63, 3.8) is 0 Å². The third-order valence-electron chi connectivity index (χ3n) is 2.76. The number of nitrogens with one attached hydrogen (secondary N) is 1. The van der Waals surface area contributed by atoms with E-state index in [0.29, 0.717) is 17.3 Å². The van der Waals surface area contributed by atoms with Crippen molar-refractivity contribution in [3.8, 4) is 5.75 Å². The molecule has 0 radical (unpaired) electrons. The van der Waals surface area contributed by atoms with E-state index in [9.17, 15) is 4.79 Å². The van der Waals surface area contributed by atoms with Crippen LogP contribution >= 0.6 is 24.0 Å². The number of rotatable bonds is 5. The summed E-state index contributed by atoms with van der Waals surface area (Å²) in [5.74, 6) is 0.561. The lowest BCUT2D eigenvalue weighted by molar-refractivity contribution is -0.123. The van der Waals surface area contributed by atoms with Gasteiger partial charge in [0.2, 0.25) is 5.91 Å². The molecule has 0 spiro atoms. The zero-order valence-electron chi connectivity index (χ0n) is 11.3. The molecule has 0 aliphatic rings. The van der Waals surface area contributed by atoms with E-state index in [-0.39, 0.29) is 24.2 Å². The maximum atomic E-state index is 11.7. The molecule has 0 bridgehead atoms. The molecule has 3 N–H and O–H groups in total. The molecule has 1 amide bonds. The number of amides is 1. The molecule has 108 valence electrons. The molecule has 6 heteroatoms. The number of ether oxygens (including phenoxy) is 1. The van der Waals surface area contributed by atoms with E-state index < -0.39 is 6.04 Å². The number of benzene rings is 1. The van der Waals surface area contributed by atoms with Crippen LogP contribution in [-0.4, -0.2) is 19.1 Å². The summed E-state index contributed by atoms with van der Waals surface area (Å²) in [6.45, 7) is 4.11. The topological polar surface area (TPSA) is 64.3 Å². The molecule has 0 unspecified atom stereocenters. The fraction of sp³-hybridized carbons (Fsp3) is 0.462. The molecular weight excluding hydrogens is 287 g/mol. The molecule has 0 saturated carbocycles. The van der Waals surface area contributed by atoms with Crippen LogP contribution in [0.2, 0.25) is 5.02 Å². The molecule has 0 heterocycles. The van der Waals surface area contributed by atoms with Gasteiger partial charge in [-0.15, -0.1) is 12.4 Å². The van der Waals surface area contributed by atoms with E-state index in [1.165, 1.54) is 0 Å². The fourth-order valence-corrected chi connectivity index (χ4v) is 1.73. The Kier molecular flexibility index (Phi) is 7.83. The first-order valence-electron chi connectivity index (χ1n) is 5.82. The molecule has 0 aliphatic carbocycles. The summed E-state index contributed by atoms with van der Waals surface area (Å²) >= 11 is 6.07. The van der Waals surface area contributed by atoms with E-state index in [0.717, 1.165) is 5.56 Å². The van der Waals surface area contributed by atoms with Gasteiger partial charge in [0.05, 0.1) is 13.2 Å². The number of hydrogen-bond acceptors (Lipinski definition) is 3. The van der Waals surface area contributed by atoms with Crippen molar-refractivity contribution in [1.29, 1.82) is 0 Å². The lowest BCUT2D eigenvalue weighted by atomic mass is 10.0. The summed E-state index contributed by atoms with van der Waals surface area (Å²) in [6, 6.07) is 4.84. The summed E-state index contributed by atoms with van der Waals surface area (Å²) in [5, 5.41) is 3.33. The van der Waals surface area contributed by atoms with Crippen molar-refractivity contribution in [1.82, 2.24) is 5.32 Å². The van der Waals surface area contributed by atoms with Crippen LogP contribution in [0.1, 0.15) is 19.4 Å². The van der Waals surface area contributed by atoms with Crippen molar-refractivity contribution >= 4 is 29.9 Å². The number of carbonyl (C=O) groups excluding carboxylic acids is 1.